The minimum Gasteiger partial charge on any atom is -0.486 e. The second-order valence-corrected chi connectivity index (χ2v) is 6.28. The number of carbonyl (C=O) groups is 2. The highest BCUT2D eigenvalue weighted by Crippen LogP contribution is 2.31. The van der Waals surface area contributed by atoms with Crippen molar-refractivity contribution in [2.24, 2.45) is 0 Å². The van der Waals surface area contributed by atoms with Gasteiger partial charge < -0.3 is 19.2 Å². The van der Waals surface area contributed by atoms with E-state index in [2.05, 4.69) is 10.3 Å². The zero-order valence-corrected chi connectivity index (χ0v) is 15.0. The standard InChI is InChI=1S/C21H18N2O5/c24-17(14-4-6-18-19(11-14)27-9-8-26-18)5-7-21(25)23-16-3-1-2-15(10-16)20-12-22-13-28-20/h1-4,6,10-13H,5,7-9H2,(H,23,25). The van der Waals surface area contributed by atoms with Gasteiger partial charge in [0.15, 0.2) is 29.4 Å². The summed E-state index contributed by atoms with van der Waals surface area (Å²) in [6.45, 7) is 0.957. The summed E-state index contributed by atoms with van der Waals surface area (Å²) in [5.41, 5.74) is 1.94. The Morgan fingerprint density at radius 3 is 2.68 bits per heavy atom. The predicted molar refractivity (Wildman–Crippen MR) is 102 cm³/mol. The van der Waals surface area contributed by atoms with Gasteiger partial charge in [-0.2, -0.15) is 0 Å². The molecule has 1 N–H and O–H groups in total. The molecule has 142 valence electrons. The second-order valence-electron chi connectivity index (χ2n) is 6.28. The average Bonchev–Trinajstić information content (AvgIpc) is 3.27. The number of nitrogens with one attached hydrogen (secondary N) is 1. The Hall–Kier alpha value is -3.61. The summed E-state index contributed by atoms with van der Waals surface area (Å²) >= 11 is 0. The van der Waals surface area contributed by atoms with Gasteiger partial charge in [-0.05, 0) is 30.3 Å². The first-order chi connectivity index (χ1) is 13.7. The highest BCUT2D eigenvalue weighted by molar-refractivity contribution is 6.00. The van der Waals surface area contributed by atoms with Gasteiger partial charge in [0.2, 0.25) is 5.91 Å². The molecule has 0 radical (unpaired) electrons. The number of anilines is 1. The van der Waals surface area contributed by atoms with Crippen molar-refractivity contribution in [1.82, 2.24) is 4.98 Å². The van der Waals surface area contributed by atoms with Gasteiger partial charge in [0, 0.05) is 29.7 Å². The molecule has 0 saturated carbocycles. The van der Waals surface area contributed by atoms with Gasteiger partial charge in [0.05, 0.1) is 6.20 Å². The van der Waals surface area contributed by atoms with Crippen LogP contribution in [0, 0.1) is 0 Å². The topological polar surface area (TPSA) is 90.7 Å². The van der Waals surface area contributed by atoms with Crippen LogP contribution in [0.25, 0.3) is 11.3 Å². The number of ether oxygens (including phenoxy) is 2. The van der Waals surface area contributed by atoms with E-state index in [1.54, 1.807) is 36.5 Å². The van der Waals surface area contributed by atoms with Crippen LogP contribution in [-0.4, -0.2) is 29.9 Å². The minimum atomic E-state index is -0.236. The molecule has 7 nitrogen and oxygen atoms in total. The number of ketones is 1. The molecule has 3 aromatic rings. The van der Waals surface area contributed by atoms with Crippen molar-refractivity contribution in [2.45, 2.75) is 12.8 Å². The first-order valence-electron chi connectivity index (χ1n) is 8.91. The largest absolute Gasteiger partial charge is 0.486 e. The van der Waals surface area contributed by atoms with Gasteiger partial charge >= 0.3 is 0 Å². The molecule has 1 amide bonds. The lowest BCUT2D eigenvalue weighted by molar-refractivity contribution is -0.116. The van der Waals surface area contributed by atoms with E-state index < -0.39 is 0 Å². The van der Waals surface area contributed by atoms with Crippen molar-refractivity contribution in [2.75, 3.05) is 18.5 Å². The fourth-order valence-electron chi connectivity index (χ4n) is 2.92. The number of rotatable bonds is 6. The van der Waals surface area contributed by atoms with Crippen molar-refractivity contribution in [1.29, 1.82) is 0 Å². The lowest BCUT2D eigenvalue weighted by Crippen LogP contribution is -2.16. The van der Waals surface area contributed by atoms with Crippen LogP contribution in [0.15, 0.2) is 59.5 Å². The average molecular weight is 378 g/mol. The smallest absolute Gasteiger partial charge is 0.224 e. The van der Waals surface area contributed by atoms with Gasteiger partial charge in [-0.1, -0.05) is 12.1 Å². The van der Waals surface area contributed by atoms with E-state index in [0.29, 0.717) is 41.7 Å². The molecule has 7 heteroatoms. The van der Waals surface area contributed by atoms with E-state index in [4.69, 9.17) is 13.9 Å². The number of hydrogen-bond acceptors (Lipinski definition) is 6. The van der Waals surface area contributed by atoms with Gasteiger partial charge in [0.25, 0.3) is 0 Å². The third kappa shape index (κ3) is 4.03. The van der Waals surface area contributed by atoms with Gasteiger partial charge in [0.1, 0.15) is 13.2 Å². The molecular weight excluding hydrogens is 360 g/mol. The Labute approximate surface area is 161 Å². The van der Waals surface area contributed by atoms with Crippen LogP contribution < -0.4 is 14.8 Å². The van der Waals surface area contributed by atoms with E-state index in [1.807, 2.05) is 12.1 Å². The molecule has 2 aromatic carbocycles. The van der Waals surface area contributed by atoms with Crippen LogP contribution in [0.1, 0.15) is 23.2 Å². The normalized spacial score (nSPS) is 12.4. The predicted octanol–water partition coefficient (Wildman–Crippen LogP) is 3.71. The zero-order valence-electron chi connectivity index (χ0n) is 15.0. The molecule has 0 saturated heterocycles. The monoisotopic (exact) mass is 378 g/mol. The number of carbonyl (C=O) groups excluding carboxylic acids is 2. The number of nitrogens with zero attached hydrogens (tertiary/aromatic N) is 1. The molecule has 0 spiro atoms. The summed E-state index contributed by atoms with van der Waals surface area (Å²) < 4.78 is 16.2. The van der Waals surface area contributed by atoms with Crippen molar-refractivity contribution in [3.05, 3.63) is 60.6 Å². The van der Waals surface area contributed by atoms with Gasteiger partial charge in [-0.25, -0.2) is 4.98 Å². The molecule has 0 fully saturated rings. The van der Waals surface area contributed by atoms with Crippen LogP contribution in [0.2, 0.25) is 0 Å². The molecule has 2 heterocycles. The molecule has 1 aliphatic heterocycles. The van der Waals surface area contributed by atoms with Crippen LogP contribution in [0.4, 0.5) is 5.69 Å². The summed E-state index contributed by atoms with van der Waals surface area (Å²) in [7, 11) is 0. The second kappa shape index (κ2) is 7.96. The highest BCUT2D eigenvalue weighted by atomic mass is 16.6. The van der Waals surface area contributed by atoms with E-state index >= 15 is 0 Å². The van der Waals surface area contributed by atoms with Crippen LogP contribution in [0.3, 0.4) is 0 Å². The first-order valence-corrected chi connectivity index (χ1v) is 8.91. The van der Waals surface area contributed by atoms with E-state index in [0.717, 1.165) is 5.56 Å². The van der Waals surface area contributed by atoms with E-state index in [9.17, 15) is 9.59 Å². The molecule has 4 rings (SSSR count). The van der Waals surface area contributed by atoms with E-state index in [-0.39, 0.29) is 24.5 Å². The zero-order chi connectivity index (χ0) is 19.3. The quantitative estimate of drug-likeness (QED) is 0.658. The number of hydrogen-bond donors (Lipinski definition) is 1. The maximum absolute atomic E-state index is 12.4. The molecule has 1 aromatic heterocycles. The SMILES string of the molecule is O=C(CCC(=O)c1ccc2c(c1)OCCO2)Nc1cccc(-c2cnco2)c1. The number of amides is 1. The summed E-state index contributed by atoms with van der Waals surface area (Å²) in [5.74, 6) is 1.45. The van der Waals surface area contributed by atoms with Crippen molar-refractivity contribution < 1.29 is 23.5 Å². The number of Topliss-reactive ketones (excluding diaryl/α,β-unsaturated/α-hetero) is 1. The number of aromatic nitrogens is 1. The summed E-state index contributed by atoms with van der Waals surface area (Å²) in [6, 6.07) is 12.3. The fourth-order valence-corrected chi connectivity index (χ4v) is 2.92. The number of benzene rings is 2. The lowest BCUT2D eigenvalue weighted by Gasteiger charge is -2.18. The summed E-state index contributed by atoms with van der Waals surface area (Å²) in [5, 5.41) is 2.80. The highest BCUT2D eigenvalue weighted by Gasteiger charge is 2.16. The molecule has 0 unspecified atom stereocenters. The van der Waals surface area contributed by atoms with Gasteiger partial charge in [-0.3, -0.25) is 9.59 Å². The van der Waals surface area contributed by atoms with Crippen LogP contribution >= 0.6 is 0 Å². The Balaban J connectivity index is 1.34. The lowest BCUT2D eigenvalue weighted by atomic mass is 10.1. The van der Waals surface area contributed by atoms with Crippen molar-refractivity contribution in [3.63, 3.8) is 0 Å². The van der Waals surface area contributed by atoms with E-state index in [1.165, 1.54) is 6.39 Å². The summed E-state index contributed by atoms with van der Waals surface area (Å²) in [4.78, 5) is 28.5. The Bertz CT molecular complexity index is 998. The maximum atomic E-state index is 12.4. The summed E-state index contributed by atoms with van der Waals surface area (Å²) in [6.07, 6.45) is 3.14. The van der Waals surface area contributed by atoms with Crippen molar-refractivity contribution in [3.8, 4) is 22.8 Å². The van der Waals surface area contributed by atoms with Crippen molar-refractivity contribution >= 4 is 17.4 Å². The maximum Gasteiger partial charge on any atom is 0.224 e. The molecule has 28 heavy (non-hydrogen) atoms. The third-order valence-corrected chi connectivity index (χ3v) is 4.31. The fraction of sp³-hybridized carbons (Fsp3) is 0.190. The Morgan fingerprint density at radius 2 is 1.86 bits per heavy atom. The Morgan fingerprint density at radius 1 is 1.00 bits per heavy atom. The Kier molecular flexibility index (Phi) is 5.05. The molecule has 0 atom stereocenters. The first kappa shape index (κ1) is 17.8. The molecule has 1 aliphatic rings. The molecule has 0 bridgehead atoms. The molecule has 0 aliphatic carbocycles. The van der Waals surface area contributed by atoms with Crippen LogP contribution in [-0.2, 0) is 4.79 Å². The minimum absolute atomic E-state index is 0.0831. The number of oxazole rings is 1. The molecular formula is C21H18N2O5. The van der Waals surface area contributed by atoms with Gasteiger partial charge in [-0.15, -0.1) is 0 Å². The van der Waals surface area contributed by atoms with Crippen LogP contribution in [0.5, 0.6) is 11.5 Å². The third-order valence-electron chi connectivity index (χ3n) is 4.31. The number of fused-ring (bicyclic) bond motifs is 1.